The van der Waals surface area contributed by atoms with E-state index in [-0.39, 0.29) is 18.2 Å². The highest BCUT2D eigenvalue weighted by Crippen LogP contribution is 2.35. The van der Waals surface area contributed by atoms with E-state index in [2.05, 4.69) is 10.3 Å². The summed E-state index contributed by atoms with van der Waals surface area (Å²) in [4.78, 5) is 31.6. The first-order valence-corrected chi connectivity index (χ1v) is 10.6. The lowest BCUT2D eigenvalue weighted by Crippen LogP contribution is -2.28. The number of aromatic nitrogens is 1. The van der Waals surface area contributed by atoms with Gasteiger partial charge in [-0.2, -0.15) is 0 Å². The van der Waals surface area contributed by atoms with Gasteiger partial charge in [0.15, 0.2) is 5.13 Å². The Morgan fingerprint density at radius 1 is 1.30 bits per heavy atom. The van der Waals surface area contributed by atoms with Crippen molar-refractivity contribution in [3.8, 4) is 11.5 Å². The lowest BCUT2D eigenvalue weighted by Gasteiger charge is -2.20. The number of nitrogens with one attached hydrogen (secondary N) is 1. The fraction of sp³-hybridized carbons (Fsp3) is 0.318. The molecule has 1 fully saturated rings. The van der Waals surface area contributed by atoms with Gasteiger partial charge in [0.1, 0.15) is 11.5 Å². The van der Waals surface area contributed by atoms with Crippen molar-refractivity contribution in [2.24, 2.45) is 5.92 Å². The van der Waals surface area contributed by atoms with E-state index in [1.807, 2.05) is 50.2 Å². The molecule has 0 spiro atoms. The van der Waals surface area contributed by atoms with Gasteiger partial charge in [0, 0.05) is 13.0 Å². The van der Waals surface area contributed by atoms with Crippen LogP contribution in [0.4, 0.5) is 10.8 Å². The molecular weight excluding hydrogens is 402 g/mol. The number of ether oxygens (including phenoxy) is 2. The van der Waals surface area contributed by atoms with Crippen LogP contribution in [0.25, 0.3) is 10.2 Å². The van der Waals surface area contributed by atoms with Crippen LogP contribution in [0.1, 0.15) is 18.9 Å². The number of aryl methyl sites for hydroxylation is 1. The number of carbonyl (C=O) groups is 2. The third-order valence-electron chi connectivity index (χ3n) is 5.02. The van der Waals surface area contributed by atoms with E-state index in [0.29, 0.717) is 29.7 Å². The number of benzene rings is 2. The second kappa shape index (κ2) is 8.31. The van der Waals surface area contributed by atoms with Crippen LogP contribution in [0, 0.1) is 12.8 Å². The summed E-state index contributed by atoms with van der Waals surface area (Å²) < 4.78 is 11.9. The van der Waals surface area contributed by atoms with Gasteiger partial charge in [0.05, 0.1) is 35.5 Å². The summed E-state index contributed by atoms with van der Waals surface area (Å²) in [6, 6.07) is 11.3. The van der Waals surface area contributed by atoms with Gasteiger partial charge < -0.3 is 19.7 Å². The molecule has 1 saturated heterocycles. The summed E-state index contributed by atoms with van der Waals surface area (Å²) >= 11 is 1.39. The standard InChI is InChI=1S/C22H23N3O4S/c1-4-29-15-6-7-16-19(11-15)30-22(23-16)24-21(27)14-10-20(26)25(12-14)17-9-13(2)5-8-18(17)28-3/h5-9,11,14H,4,10,12H2,1-3H3,(H,23,24,27)/t14-/m1/s1. The van der Waals surface area contributed by atoms with Crippen LogP contribution in [-0.2, 0) is 9.59 Å². The second-order valence-corrected chi connectivity index (χ2v) is 8.18. The van der Waals surface area contributed by atoms with Crippen LogP contribution in [0.5, 0.6) is 11.5 Å². The fourth-order valence-electron chi connectivity index (χ4n) is 3.55. The number of fused-ring (bicyclic) bond motifs is 1. The first-order valence-electron chi connectivity index (χ1n) is 9.77. The largest absolute Gasteiger partial charge is 0.495 e. The molecule has 0 saturated carbocycles. The predicted octanol–water partition coefficient (Wildman–Crippen LogP) is 4.00. The maximum absolute atomic E-state index is 12.8. The Labute approximate surface area is 178 Å². The Morgan fingerprint density at radius 2 is 2.13 bits per heavy atom. The van der Waals surface area contributed by atoms with E-state index >= 15 is 0 Å². The molecule has 4 rings (SSSR count). The molecule has 0 bridgehead atoms. The van der Waals surface area contributed by atoms with Crippen LogP contribution >= 0.6 is 11.3 Å². The zero-order valence-corrected chi connectivity index (χ0v) is 17.9. The summed E-state index contributed by atoms with van der Waals surface area (Å²) in [5.41, 5.74) is 2.51. The highest BCUT2D eigenvalue weighted by molar-refractivity contribution is 7.22. The molecule has 1 aliphatic rings. The topological polar surface area (TPSA) is 80.8 Å². The SMILES string of the molecule is CCOc1ccc2nc(NC(=O)[C@@H]3CC(=O)N(c4cc(C)ccc4OC)C3)sc2c1. The van der Waals surface area contributed by atoms with Gasteiger partial charge in [-0.25, -0.2) is 4.98 Å². The summed E-state index contributed by atoms with van der Waals surface area (Å²) in [5, 5.41) is 3.39. The molecule has 0 radical (unpaired) electrons. The minimum atomic E-state index is -0.450. The second-order valence-electron chi connectivity index (χ2n) is 7.15. The fourth-order valence-corrected chi connectivity index (χ4v) is 4.45. The van der Waals surface area contributed by atoms with E-state index in [1.165, 1.54) is 11.3 Å². The molecule has 2 heterocycles. The monoisotopic (exact) mass is 425 g/mol. The van der Waals surface area contributed by atoms with Crippen molar-refractivity contribution in [1.29, 1.82) is 0 Å². The maximum atomic E-state index is 12.8. The van der Waals surface area contributed by atoms with Crippen molar-refractivity contribution in [2.75, 3.05) is 30.5 Å². The third-order valence-corrected chi connectivity index (χ3v) is 5.96. The predicted molar refractivity (Wildman–Crippen MR) is 118 cm³/mol. The molecule has 0 unspecified atom stereocenters. The Bertz CT molecular complexity index is 1110. The number of hydrogen-bond acceptors (Lipinski definition) is 6. The Hall–Kier alpha value is -3.13. The summed E-state index contributed by atoms with van der Waals surface area (Å²) in [5.74, 6) is 0.641. The average Bonchev–Trinajstić information content (AvgIpc) is 3.30. The quantitative estimate of drug-likeness (QED) is 0.646. The summed E-state index contributed by atoms with van der Waals surface area (Å²) in [6.45, 7) is 4.79. The molecule has 2 amide bonds. The zero-order chi connectivity index (χ0) is 21.3. The van der Waals surface area contributed by atoms with Crippen molar-refractivity contribution in [3.05, 3.63) is 42.0 Å². The van der Waals surface area contributed by atoms with Crippen molar-refractivity contribution >= 4 is 44.2 Å². The van der Waals surface area contributed by atoms with Crippen LogP contribution < -0.4 is 19.7 Å². The van der Waals surface area contributed by atoms with E-state index < -0.39 is 5.92 Å². The number of carbonyl (C=O) groups excluding carboxylic acids is 2. The third kappa shape index (κ3) is 3.95. The van der Waals surface area contributed by atoms with E-state index in [9.17, 15) is 9.59 Å². The van der Waals surface area contributed by atoms with Crippen LogP contribution in [-0.4, -0.2) is 37.1 Å². The molecule has 1 aromatic heterocycles. The van der Waals surface area contributed by atoms with Crippen molar-refractivity contribution in [2.45, 2.75) is 20.3 Å². The van der Waals surface area contributed by atoms with Gasteiger partial charge in [0.25, 0.3) is 0 Å². The minimum Gasteiger partial charge on any atom is -0.495 e. The molecule has 1 atom stereocenters. The van der Waals surface area contributed by atoms with Gasteiger partial charge >= 0.3 is 0 Å². The van der Waals surface area contributed by atoms with E-state index in [1.54, 1.807) is 12.0 Å². The molecule has 1 aliphatic heterocycles. The van der Waals surface area contributed by atoms with Crippen LogP contribution in [0.3, 0.4) is 0 Å². The number of rotatable bonds is 6. The Balaban J connectivity index is 1.49. The number of nitrogens with zero attached hydrogens (tertiary/aromatic N) is 2. The molecule has 3 aromatic rings. The molecule has 30 heavy (non-hydrogen) atoms. The van der Waals surface area contributed by atoms with E-state index in [4.69, 9.17) is 9.47 Å². The first-order chi connectivity index (χ1) is 14.5. The van der Waals surface area contributed by atoms with Crippen molar-refractivity contribution < 1.29 is 19.1 Å². The Morgan fingerprint density at radius 3 is 2.90 bits per heavy atom. The van der Waals surface area contributed by atoms with Gasteiger partial charge in [-0.3, -0.25) is 9.59 Å². The van der Waals surface area contributed by atoms with Crippen molar-refractivity contribution in [3.63, 3.8) is 0 Å². The highest BCUT2D eigenvalue weighted by Gasteiger charge is 2.36. The van der Waals surface area contributed by atoms with E-state index in [0.717, 1.165) is 21.5 Å². The number of thiazole rings is 1. The summed E-state index contributed by atoms with van der Waals surface area (Å²) in [6.07, 6.45) is 0.155. The molecule has 156 valence electrons. The molecule has 1 N–H and O–H groups in total. The molecule has 8 heteroatoms. The van der Waals surface area contributed by atoms with Crippen LogP contribution in [0.2, 0.25) is 0 Å². The van der Waals surface area contributed by atoms with Gasteiger partial charge in [-0.05, 0) is 49.7 Å². The number of hydrogen-bond donors (Lipinski definition) is 1. The number of methoxy groups -OCH3 is 1. The molecule has 2 aromatic carbocycles. The smallest absolute Gasteiger partial charge is 0.231 e. The summed E-state index contributed by atoms with van der Waals surface area (Å²) in [7, 11) is 1.57. The highest BCUT2D eigenvalue weighted by atomic mass is 32.1. The molecule has 7 nitrogen and oxygen atoms in total. The number of anilines is 2. The van der Waals surface area contributed by atoms with Crippen LogP contribution in [0.15, 0.2) is 36.4 Å². The average molecular weight is 426 g/mol. The zero-order valence-electron chi connectivity index (χ0n) is 17.1. The molecular formula is C22H23N3O4S. The first kappa shape index (κ1) is 20.2. The molecule has 0 aliphatic carbocycles. The van der Waals surface area contributed by atoms with Gasteiger partial charge in [0.2, 0.25) is 11.8 Å². The normalized spacial score (nSPS) is 16.2. The maximum Gasteiger partial charge on any atom is 0.231 e. The number of amides is 2. The van der Waals surface area contributed by atoms with Crippen molar-refractivity contribution in [1.82, 2.24) is 4.98 Å². The lowest BCUT2D eigenvalue weighted by atomic mass is 10.1. The van der Waals surface area contributed by atoms with Gasteiger partial charge in [-0.1, -0.05) is 17.4 Å². The minimum absolute atomic E-state index is 0.0929. The Kier molecular flexibility index (Phi) is 5.59. The lowest BCUT2D eigenvalue weighted by molar-refractivity contribution is -0.122. The van der Waals surface area contributed by atoms with Gasteiger partial charge in [-0.15, -0.1) is 0 Å².